The fourth-order valence-electron chi connectivity index (χ4n) is 7.62. The van der Waals surface area contributed by atoms with Crippen LogP contribution < -0.4 is 10.2 Å². The summed E-state index contributed by atoms with van der Waals surface area (Å²) in [5.74, 6) is -0.217. The molecule has 2 N–H and O–H groups in total. The number of unbranched alkanes of at least 4 members (excludes halogenated alkanes) is 31. The molecule has 1 amide bonds. The number of likely N-dealkylation sites (N-methyl/N-ethyl adjacent to an activating group) is 1. The molecule has 0 rings (SSSR count). The number of amides is 1. The van der Waals surface area contributed by atoms with E-state index >= 15 is 0 Å². The predicted octanol–water partition coefficient (Wildman–Crippen LogP) is 14.8. The van der Waals surface area contributed by atoms with E-state index in [9.17, 15) is 19.4 Å². The van der Waals surface area contributed by atoms with Crippen LogP contribution in [0.1, 0.15) is 245 Å². The van der Waals surface area contributed by atoms with Crippen LogP contribution in [0.3, 0.4) is 0 Å². The maximum atomic E-state index is 12.8. The van der Waals surface area contributed by atoms with Crippen LogP contribution in [-0.2, 0) is 18.4 Å². The summed E-state index contributed by atoms with van der Waals surface area (Å²) in [5, 5.41) is 13.8. The summed E-state index contributed by atoms with van der Waals surface area (Å²) in [5.41, 5.74) is 0. The molecule has 3 unspecified atom stereocenters. The van der Waals surface area contributed by atoms with E-state index in [1.165, 1.54) is 161 Å². The van der Waals surface area contributed by atoms with Crippen molar-refractivity contribution in [3.8, 4) is 0 Å². The average Bonchev–Trinajstić information content (AvgIpc) is 3.23. The van der Waals surface area contributed by atoms with Gasteiger partial charge >= 0.3 is 0 Å². The predicted molar refractivity (Wildman–Crippen MR) is 265 cm³/mol. The van der Waals surface area contributed by atoms with E-state index in [2.05, 4.69) is 43.5 Å². The first-order valence-electron chi connectivity index (χ1n) is 26.4. The normalized spacial score (nSPS) is 14.4. The molecule has 0 saturated heterocycles. The van der Waals surface area contributed by atoms with Crippen molar-refractivity contribution >= 4 is 13.7 Å². The topological polar surface area (TPSA) is 108 Å². The molecule has 0 saturated carbocycles. The second-order valence-electron chi connectivity index (χ2n) is 19.2. The zero-order valence-corrected chi connectivity index (χ0v) is 42.5. The van der Waals surface area contributed by atoms with E-state index in [4.69, 9.17) is 9.05 Å². The molecule has 0 fully saturated rings. The zero-order valence-electron chi connectivity index (χ0n) is 41.6. The minimum Gasteiger partial charge on any atom is -0.756 e. The summed E-state index contributed by atoms with van der Waals surface area (Å²) in [6.45, 7) is 4.59. The highest BCUT2D eigenvalue weighted by molar-refractivity contribution is 7.45. The SMILES string of the molecule is CCCC/C=C\CCCCCCCC(=O)NC(COP(=O)([O-])OCC[N+](C)(C)C)C(O)/C=C/CC/C=C/CCCCCCCCCCCCCCCCCCCCCCCCC. The molecule has 0 bridgehead atoms. The monoisotopic (exact) mass is 895 g/mol. The number of quaternary nitrogens is 1. The Morgan fingerprint density at radius 1 is 0.548 bits per heavy atom. The molecule has 8 nitrogen and oxygen atoms in total. The first kappa shape index (κ1) is 60.7. The van der Waals surface area contributed by atoms with Crippen LogP contribution in [0.5, 0.6) is 0 Å². The van der Waals surface area contributed by atoms with E-state index in [1.54, 1.807) is 6.08 Å². The van der Waals surface area contributed by atoms with Crippen molar-refractivity contribution in [2.75, 3.05) is 40.9 Å². The molecular weight excluding hydrogens is 792 g/mol. The highest BCUT2D eigenvalue weighted by atomic mass is 31.2. The number of nitrogens with one attached hydrogen (secondary N) is 1. The molecule has 366 valence electrons. The molecule has 0 aromatic rings. The van der Waals surface area contributed by atoms with Crippen molar-refractivity contribution in [1.29, 1.82) is 0 Å². The van der Waals surface area contributed by atoms with Gasteiger partial charge in [-0.3, -0.25) is 9.36 Å². The Balaban J connectivity index is 4.16. The number of hydrogen-bond donors (Lipinski definition) is 2. The molecule has 0 aliphatic carbocycles. The minimum atomic E-state index is -4.60. The molecule has 62 heavy (non-hydrogen) atoms. The molecule has 0 aromatic carbocycles. The van der Waals surface area contributed by atoms with Gasteiger partial charge in [0.1, 0.15) is 13.2 Å². The Hall–Kier alpha value is -1.28. The number of allylic oxidation sites excluding steroid dienone is 5. The quantitative estimate of drug-likeness (QED) is 0.0273. The number of phosphoric acid groups is 1. The van der Waals surface area contributed by atoms with Gasteiger partial charge in [-0.05, 0) is 51.4 Å². The maximum absolute atomic E-state index is 12.8. The molecular formula is C53H103N2O6P. The van der Waals surface area contributed by atoms with Crippen LogP contribution in [0.4, 0.5) is 0 Å². The van der Waals surface area contributed by atoms with Gasteiger partial charge in [0.25, 0.3) is 7.82 Å². The second kappa shape index (κ2) is 44.9. The van der Waals surface area contributed by atoms with E-state index < -0.39 is 26.6 Å². The maximum Gasteiger partial charge on any atom is 0.268 e. The molecule has 0 radical (unpaired) electrons. The lowest BCUT2D eigenvalue weighted by Crippen LogP contribution is -2.45. The van der Waals surface area contributed by atoms with E-state index in [-0.39, 0.29) is 12.5 Å². The smallest absolute Gasteiger partial charge is 0.268 e. The van der Waals surface area contributed by atoms with Gasteiger partial charge in [-0.15, -0.1) is 0 Å². The Morgan fingerprint density at radius 2 is 0.919 bits per heavy atom. The summed E-state index contributed by atoms with van der Waals surface area (Å²) in [7, 11) is 1.24. The van der Waals surface area contributed by atoms with Crippen molar-refractivity contribution < 1.29 is 32.9 Å². The third-order valence-electron chi connectivity index (χ3n) is 11.8. The van der Waals surface area contributed by atoms with Gasteiger partial charge in [0.15, 0.2) is 0 Å². The Morgan fingerprint density at radius 3 is 1.35 bits per heavy atom. The highest BCUT2D eigenvalue weighted by Gasteiger charge is 2.23. The van der Waals surface area contributed by atoms with Crippen LogP contribution in [0.15, 0.2) is 36.5 Å². The van der Waals surface area contributed by atoms with E-state index in [1.807, 2.05) is 27.2 Å². The molecule has 9 heteroatoms. The summed E-state index contributed by atoms with van der Waals surface area (Å²) >= 11 is 0. The van der Waals surface area contributed by atoms with E-state index in [0.29, 0.717) is 17.4 Å². The molecule has 0 spiro atoms. The summed E-state index contributed by atoms with van der Waals surface area (Å²) in [6.07, 6.45) is 56.7. The lowest BCUT2D eigenvalue weighted by Gasteiger charge is -2.29. The van der Waals surface area contributed by atoms with Crippen LogP contribution in [0, 0.1) is 0 Å². The highest BCUT2D eigenvalue weighted by Crippen LogP contribution is 2.38. The van der Waals surface area contributed by atoms with Crippen LogP contribution in [0.2, 0.25) is 0 Å². The Kier molecular flexibility index (Phi) is 44.0. The van der Waals surface area contributed by atoms with Gasteiger partial charge in [0.05, 0.1) is 39.9 Å². The first-order chi connectivity index (χ1) is 30.0. The number of aliphatic hydroxyl groups excluding tert-OH is 1. The van der Waals surface area contributed by atoms with Gasteiger partial charge in [0.2, 0.25) is 5.91 Å². The van der Waals surface area contributed by atoms with Crippen molar-refractivity contribution in [2.45, 2.75) is 257 Å². The molecule has 3 atom stereocenters. The van der Waals surface area contributed by atoms with Crippen molar-refractivity contribution in [3.05, 3.63) is 36.5 Å². The Bertz CT molecular complexity index is 1110. The van der Waals surface area contributed by atoms with Gasteiger partial charge < -0.3 is 28.8 Å². The molecule has 0 aliphatic rings. The molecule has 0 heterocycles. The van der Waals surface area contributed by atoms with Crippen LogP contribution >= 0.6 is 7.82 Å². The number of carbonyl (C=O) groups is 1. The zero-order chi connectivity index (χ0) is 45.7. The lowest BCUT2D eigenvalue weighted by molar-refractivity contribution is -0.870. The van der Waals surface area contributed by atoms with Crippen LogP contribution in [-0.4, -0.2) is 68.5 Å². The summed E-state index contributed by atoms with van der Waals surface area (Å²) in [6, 6.07) is -0.906. The minimum absolute atomic E-state index is 0.00786. The van der Waals surface area contributed by atoms with Crippen molar-refractivity contribution in [1.82, 2.24) is 5.32 Å². The molecule has 0 aromatic heterocycles. The van der Waals surface area contributed by atoms with Crippen LogP contribution in [0.25, 0.3) is 0 Å². The fraction of sp³-hybridized carbons (Fsp3) is 0.868. The third-order valence-corrected chi connectivity index (χ3v) is 12.8. The first-order valence-corrected chi connectivity index (χ1v) is 27.8. The van der Waals surface area contributed by atoms with Gasteiger partial charge in [-0.1, -0.05) is 224 Å². The van der Waals surface area contributed by atoms with Gasteiger partial charge in [-0.2, -0.15) is 0 Å². The number of phosphoric ester groups is 1. The Labute approximate surface area is 385 Å². The number of hydrogen-bond acceptors (Lipinski definition) is 6. The lowest BCUT2D eigenvalue weighted by atomic mass is 10.0. The van der Waals surface area contributed by atoms with E-state index in [0.717, 1.165) is 64.2 Å². The average molecular weight is 895 g/mol. The largest absolute Gasteiger partial charge is 0.756 e. The number of aliphatic hydroxyl groups is 1. The summed E-state index contributed by atoms with van der Waals surface area (Å²) in [4.78, 5) is 25.3. The van der Waals surface area contributed by atoms with Gasteiger partial charge in [-0.25, -0.2) is 0 Å². The number of carbonyl (C=O) groups excluding carboxylic acids is 1. The molecule has 0 aliphatic heterocycles. The second-order valence-corrected chi connectivity index (χ2v) is 20.6. The summed E-state index contributed by atoms with van der Waals surface area (Å²) < 4.78 is 23.2. The van der Waals surface area contributed by atoms with Crippen molar-refractivity contribution in [2.24, 2.45) is 0 Å². The van der Waals surface area contributed by atoms with Crippen molar-refractivity contribution in [3.63, 3.8) is 0 Å². The standard InChI is InChI=1S/C53H103N2O6P/c1-6-8-10-12-14-16-18-19-20-21-22-23-24-25-26-27-28-29-30-31-32-33-34-35-37-38-40-42-44-46-52(56)51(50-61-62(58,59)60-49-48-55(3,4)5)54-53(57)47-45-43-41-39-36-17-15-13-11-9-7-2/h13,15,37-38,44,46,51-52,56H,6-12,14,16-36,39-43,45,47-50H2,1-5H3,(H-,54,57,58,59)/b15-13-,38-37+,46-44+. The third kappa shape index (κ3) is 46.7. The number of rotatable bonds is 48. The number of nitrogens with zero attached hydrogens (tertiary/aromatic N) is 1. The van der Waals surface area contributed by atoms with Gasteiger partial charge in [0, 0.05) is 6.42 Å². The fourth-order valence-corrected chi connectivity index (χ4v) is 8.34.